The van der Waals surface area contributed by atoms with Crippen molar-refractivity contribution < 1.29 is 8.42 Å². The van der Waals surface area contributed by atoms with E-state index in [1.807, 2.05) is 6.07 Å². The Bertz CT molecular complexity index is 693. The highest BCUT2D eigenvalue weighted by atomic mass is 32.2. The van der Waals surface area contributed by atoms with E-state index in [0.29, 0.717) is 31.6 Å². The van der Waals surface area contributed by atoms with Crippen LogP contribution in [0.2, 0.25) is 0 Å². The molecule has 1 saturated heterocycles. The van der Waals surface area contributed by atoms with Crippen molar-refractivity contribution in [2.45, 2.75) is 32.4 Å². The molecule has 0 aliphatic carbocycles. The van der Waals surface area contributed by atoms with Crippen molar-refractivity contribution in [3.05, 3.63) is 35.9 Å². The zero-order valence-electron chi connectivity index (χ0n) is 16.7. The number of nitrogens with zero attached hydrogens (tertiary/aromatic N) is 3. The fraction of sp³-hybridized carbons (Fsp3) is 0.632. The highest BCUT2D eigenvalue weighted by molar-refractivity contribution is 7.89. The normalized spacial score (nSPS) is 18.6. The standard InChI is InChI=1S/C19H33N5O2S/c1-17(23(3)16-18-8-5-4-6-9-18)10-11-21-19(20-2)22-12-14-24-13-7-15-27(24,25)26/h4-6,8-9,17H,7,10-16H2,1-3H3,(H2,20,21,22). The van der Waals surface area contributed by atoms with Gasteiger partial charge in [0.05, 0.1) is 5.75 Å². The van der Waals surface area contributed by atoms with Gasteiger partial charge in [-0.2, -0.15) is 0 Å². The summed E-state index contributed by atoms with van der Waals surface area (Å²) in [6.45, 7) is 5.63. The zero-order valence-corrected chi connectivity index (χ0v) is 17.5. The molecular weight excluding hydrogens is 362 g/mol. The van der Waals surface area contributed by atoms with E-state index in [2.05, 4.69) is 58.8 Å². The Morgan fingerprint density at radius 1 is 1.26 bits per heavy atom. The van der Waals surface area contributed by atoms with Gasteiger partial charge in [-0.1, -0.05) is 30.3 Å². The first-order valence-electron chi connectivity index (χ1n) is 9.59. The molecule has 1 fully saturated rings. The van der Waals surface area contributed by atoms with Crippen LogP contribution in [0.15, 0.2) is 35.3 Å². The Balaban J connectivity index is 1.65. The topological polar surface area (TPSA) is 77.0 Å². The van der Waals surface area contributed by atoms with E-state index in [1.54, 1.807) is 11.4 Å². The molecule has 152 valence electrons. The van der Waals surface area contributed by atoms with E-state index < -0.39 is 10.0 Å². The highest BCUT2D eigenvalue weighted by Gasteiger charge is 2.27. The van der Waals surface area contributed by atoms with E-state index in [0.717, 1.165) is 25.9 Å². The molecule has 1 heterocycles. The number of sulfonamides is 1. The third-order valence-corrected chi connectivity index (χ3v) is 6.92. The van der Waals surface area contributed by atoms with Crippen LogP contribution in [-0.4, -0.2) is 75.7 Å². The molecule has 0 saturated carbocycles. The molecule has 0 bridgehead atoms. The van der Waals surface area contributed by atoms with Gasteiger partial charge < -0.3 is 10.6 Å². The summed E-state index contributed by atoms with van der Waals surface area (Å²) in [6, 6.07) is 10.9. The minimum atomic E-state index is -3.03. The van der Waals surface area contributed by atoms with Crippen LogP contribution in [0, 0.1) is 0 Å². The van der Waals surface area contributed by atoms with Gasteiger partial charge in [0.25, 0.3) is 0 Å². The van der Waals surface area contributed by atoms with E-state index in [9.17, 15) is 8.42 Å². The Hall–Kier alpha value is -1.64. The molecule has 8 heteroatoms. The number of hydrogen-bond donors (Lipinski definition) is 2. The van der Waals surface area contributed by atoms with Gasteiger partial charge in [-0.25, -0.2) is 12.7 Å². The number of aliphatic imine (C=N–C) groups is 1. The molecule has 7 nitrogen and oxygen atoms in total. The van der Waals surface area contributed by atoms with Crippen LogP contribution in [0.3, 0.4) is 0 Å². The zero-order chi connectivity index (χ0) is 19.7. The number of rotatable bonds is 9. The fourth-order valence-electron chi connectivity index (χ4n) is 3.11. The molecule has 0 spiro atoms. The van der Waals surface area contributed by atoms with Crippen molar-refractivity contribution in [1.82, 2.24) is 19.8 Å². The molecule has 0 radical (unpaired) electrons. The third-order valence-electron chi connectivity index (χ3n) is 4.96. The van der Waals surface area contributed by atoms with Crippen LogP contribution >= 0.6 is 0 Å². The summed E-state index contributed by atoms with van der Waals surface area (Å²) < 4.78 is 25.1. The second-order valence-corrected chi connectivity index (χ2v) is 9.12. The number of benzene rings is 1. The van der Waals surface area contributed by atoms with Gasteiger partial charge >= 0.3 is 0 Å². The van der Waals surface area contributed by atoms with Gasteiger partial charge in [-0.15, -0.1) is 0 Å². The summed E-state index contributed by atoms with van der Waals surface area (Å²) in [5.74, 6) is 0.985. The van der Waals surface area contributed by atoms with Crippen LogP contribution in [0.25, 0.3) is 0 Å². The molecule has 2 rings (SSSR count). The van der Waals surface area contributed by atoms with Gasteiger partial charge in [0.2, 0.25) is 10.0 Å². The summed E-state index contributed by atoms with van der Waals surface area (Å²) in [4.78, 5) is 6.55. The predicted octanol–water partition coefficient (Wildman–Crippen LogP) is 1.10. The van der Waals surface area contributed by atoms with Crippen molar-refractivity contribution in [3.63, 3.8) is 0 Å². The molecule has 1 aliphatic rings. The van der Waals surface area contributed by atoms with Crippen LogP contribution in [0.4, 0.5) is 0 Å². The van der Waals surface area contributed by atoms with E-state index in [1.165, 1.54) is 5.56 Å². The van der Waals surface area contributed by atoms with E-state index >= 15 is 0 Å². The second-order valence-electron chi connectivity index (χ2n) is 7.03. The maximum absolute atomic E-state index is 11.8. The Labute approximate surface area is 163 Å². The molecule has 2 N–H and O–H groups in total. The lowest BCUT2D eigenvalue weighted by molar-refractivity contribution is 0.238. The maximum Gasteiger partial charge on any atom is 0.214 e. The van der Waals surface area contributed by atoms with Gasteiger partial charge in [-0.3, -0.25) is 9.89 Å². The Morgan fingerprint density at radius 2 is 1.96 bits per heavy atom. The first-order valence-corrected chi connectivity index (χ1v) is 11.2. The lowest BCUT2D eigenvalue weighted by atomic mass is 10.1. The SMILES string of the molecule is CN=C(NCCC(C)N(C)Cc1ccccc1)NCCN1CCCS1(=O)=O. The van der Waals surface area contributed by atoms with Gasteiger partial charge in [0, 0.05) is 45.8 Å². The molecule has 0 aromatic heterocycles. The molecule has 1 atom stereocenters. The van der Waals surface area contributed by atoms with Crippen LogP contribution < -0.4 is 10.6 Å². The number of nitrogens with one attached hydrogen (secondary N) is 2. The van der Waals surface area contributed by atoms with Crippen LogP contribution in [0.5, 0.6) is 0 Å². The van der Waals surface area contributed by atoms with Crippen molar-refractivity contribution in [2.24, 2.45) is 4.99 Å². The number of hydrogen-bond acceptors (Lipinski definition) is 4. The largest absolute Gasteiger partial charge is 0.356 e. The minimum absolute atomic E-state index is 0.272. The lowest BCUT2D eigenvalue weighted by Gasteiger charge is -2.25. The van der Waals surface area contributed by atoms with Gasteiger partial charge in [0.15, 0.2) is 5.96 Å². The molecule has 1 aromatic rings. The molecule has 1 aromatic carbocycles. The van der Waals surface area contributed by atoms with Crippen molar-refractivity contribution >= 4 is 16.0 Å². The lowest BCUT2D eigenvalue weighted by Crippen LogP contribution is -2.43. The summed E-state index contributed by atoms with van der Waals surface area (Å²) in [6.07, 6.45) is 1.72. The molecule has 0 amide bonds. The first-order chi connectivity index (χ1) is 12.9. The summed E-state index contributed by atoms with van der Waals surface area (Å²) in [5.41, 5.74) is 1.31. The van der Waals surface area contributed by atoms with E-state index in [-0.39, 0.29) is 5.75 Å². The van der Waals surface area contributed by atoms with Gasteiger partial charge in [0.1, 0.15) is 0 Å². The summed E-state index contributed by atoms with van der Waals surface area (Å²) in [5, 5.41) is 6.51. The number of guanidine groups is 1. The fourth-order valence-corrected chi connectivity index (χ4v) is 4.64. The van der Waals surface area contributed by atoms with Crippen LogP contribution in [-0.2, 0) is 16.6 Å². The van der Waals surface area contributed by atoms with Crippen molar-refractivity contribution in [1.29, 1.82) is 0 Å². The monoisotopic (exact) mass is 395 g/mol. The smallest absolute Gasteiger partial charge is 0.214 e. The van der Waals surface area contributed by atoms with E-state index in [4.69, 9.17) is 0 Å². The van der Waals surface area contributed by atoms with Crippen LogP contribution in [0.1, 0.15) is 25.3 Å². The van der Waals surface area contributed by atoms with Crippen molar-refractivity contribution in [3.8, 4) is 0 Å². The average molecular weight is 396 g/mol. The highest BCUT2D eigenvalue weighted by Crippen LogP contribution is 2.11. The second kappa shape index (κ2) is 10.6. The molecule has 1 unspecified atom stereocenters. The minimum Gasteiger partial charge on any atom is -0.356 e. The Morgan fingerprint density at radius 3 is 2.59 bits per heavy atom. The predicted molar refractivity (Wildman–Crippen MR) is 111 cm³/mol. The third kappa shape index (κ3) is 7.12. The molecule has 1 aliphatic heterocycles. The van der Waals surface area contributed by atoms with Gasteiger partial charge in [-0.05, 0) is 32.4 Å². The van der Waals surface area contributed by atoms with Crippen molar-refractivity contribution in [2.75, 3.05) is 46.0 Å². The molecular formula is C19H33N5O2S. The quantitative estimate of drug-likeness (QED) is 0.484. The summed E-state index contributed by atoms with van der Waals surface area (Å²) >= 11 is 0. The first kappa shape index (κ1) is 21.7. The Kier molecular flexibility index (Phi) is 8.53. The molecule has 27 heavy (non-hydrogen) atoms. The average Bonchev–Trinajstić information content (AvgIpc) is 2.99. The maximum atomic E-state index is 11.8. The summed E-state index contributed by atoms with van der Waals surface area (Å²) in [7, 11) is 0.841.